The number of nitrogens with zero attached hydrogens (tertiary/aromatic N) is 2. The minimum absolute atomic E-state index is 0.171. The third-order valence-corrected chi connectivity index (χ3v) is 1.02. The van der Waals surface area contributed by atoms with Crippen LogP contribution in [-0.4, -0.2) is 21.0 Å². The van der Waals surface area contributed by atoms with Crippen LogP contribution >= 0.6 is 0 Å². The Balaban J connectivity index is 2.79. The molecule has 0 unspecified atom stereocenters. The van der Waals surface area contributed by atoms with E-state index >= 15 is 0 Å². The summed E-state index contributed by atoms with van der Waals surface area (Å²) in [4.78, 5) is 16.8. The van der Waals surface area contributed by atoms with Gasteiger partial charge >= 0.3 is 5.97 Å². The van der Waals surface area contributed by atoms with Gasteiger partial charge in [-0.3, -0.25) is 4.79 Å². The van der Waals surface area contributed by atoms with Gasteiger partial charge in [-0.25, -0.2) is 9.97 Å². The first-order valence-corrected chi connectivity index (χ1v) is 2.86. The van der Waals surface area contributed by atoms with Gasteiger partial charge in [0.25, 0.3) is 0 Å². The molecule has 0 saturated carbocycles. The van der Waals surface area contributed by atoms with Crippen LogP contribution in [0.3, 0.4) is 0 Å². The molecule has 0 radical (unpaired) electrons. The van der Waals surface area contributed by atoms with Gasteiger partial charge in [0, 0.05) is 6.07 Å². The van der Waals surface area contributed by atoms with Crippen LogP contribution in [0.5, 0.6) is 0 Å². The molecule has 5 heteroatoms. The van der Waals surface area contributed by atoms with Crippen molar-refractivity contribution >= 4 is 5.97 Å². The highest BCUT2D eigenvalue weighted by Gasteiger charge is 2.02. The molecule has 0 aliphatic carbocycles. The van der Waals surface area contributed by atoms with Crippen LogP contribution in [0.15, 0.2) is 12.4 Å². The molecule has 0 amide bonds. The summed E-state index contributed by atoms with van der Waals surface area (Å²) in [5, 5.41) is 8.27. The molecule has 0 fully saturated rings. The van der Waals surface area contributed by atoms with Crippen molar-refractivity contribution in [2.75, 3.05) is 0 Å². The second kappa shape index (κ2) is 3.05. The van der Waals surface area contributed by atoms with E-state index in [1.807, 2.05) is 0 Å². The van der Waals surface area contributed by atoms with Gasteiger partial charge in [-0.1, -0.05) is 0 Å². The molecule has 0 spiro atoms. The molecular formula is C6H5FN2O2. The first-order chi connectivity index (χ1) is 5.18. The summed E-state index contributed by atoms with van der Waals surface area (Å²) >= 11 is 0. The zero-order chi connectivity index (χ0) is 8.27. The van der Waals surface area contributed by atoms with Gasteiger partial charge in [0.15, 0.2) is 0 Å². The van der Waals surface area contributed by atoms with Crippen molar-refractivity contribution in [2.45, 2.75) is 6.42 Å². The minimum Gasteiger partial charge on any atom is -0.481 e. The van der Waals surface area contributed by atoms with E-state index in [9.17, 15) is 9.18 Å². The summed E-state index contributed by atoms with van der Waals surface area (Å²) in [6.45, 7) is 0. The molecule has 1 N–H and O–H groups in total. The van der Waals surface area contributed by atoms with E-state index in [-0.39, 0.29) is 12.1 Å². The number of halogens is 1. The van der Waals surface area contributed by atoms with Crippen LogP contribution in [0.1, 0.15) is 5.69 Å². The number of rotatable bonds is 2. The number of hydrogen-bond acceptors (Lipinski definition) is 3. The van der Waals surface area contributed by atoms with E-state index in [4.69, 9.17) is 5.11 Å². The summed E-state index contributed by atoms with van der Waals surface area (Å²) in [6.07, 6.45) is 0.715. The lowest BCUT2D eigenvalue weighted by atomic mass is 10.3. The SMILES string of the molecule is O=C(O)Cc1cc(F)ncn1. The van der Waals surface area contributed by atoms with Gasteiger partial charge in [-0.2, -0.15) is 4.39 Å². The van der Waals surface area contributed by atoms with E-state index in [1.165, 1.54) is 0 Å². The topological polar surface area (TPSA) is 63.1 Å². The Morgan fingerprint density at radius 2 is 2.36 bits per heavy atom. The normalized spacial score (nSPS) is 9.55. The molecule has 1 aromatic heterocycles. The largest absolute Gasteiger partial charge is 0.481 e. The van der Waals surface area contributed by atoms with Crippen LogP contribution in [-0.2, 0) is 11.2 Å². The molecule has 0 saturated heterocycles. The maximum atomic E-state index is 12.3. The van der Waals surface area contributed by atoms with Gasteiger partial charge in [0.1, 0.15) is 6.33 Å². The Morgan fingerprint density at radius 1 is 1.64 bits per heavy atom. The van der Waals surface area contributed by atoms with Gasteiger partial charge in [0.2, 0.25) is 5.95 Å². The van der Waals surface area contributed by atoms with E-state index in [1.54, 1.807) is 0 Å². The van der Waals surface area contributed by atoms with Crippen molar-refractivity contribution < 1.29 is 14.3 Å². The maximum Gasteiger partial charge on any atom is 0.309 e. The van der Waals surface area contributed by atoms with Crippen molar-refractivity contribution in [2.24, 2.45) is 0 Å². The zero-order valence-corrected chi connectivity index (χ0v) is 5.49. The molecule has 1 rings (SSSR count). The molecule has 1 aromatic rings. The van der Waals surface area contributed by atoms with Crippen LogP contribution < -0.4 is 0 Å². The minimum atomic E-state index is -1.04. The van der Waals surface area contributed by atoms with Gasteiger partial charge < -0.3 is 5.11 Å². The predicted molar refractivity (Wildman–Crippen MR) is 33.3 cm³/mol. The summed E-state index contributed by atoms with van der Waals surface area (Å²) in [6, 6.07) is 0.994. The highest BCUT2D eigenvalue weighted by molar-refractivity contribution is 5.69. The van der Waals surface area contributed by atoms with Crippen molar-refractivity contribution in [1.82, 2.24) is 9.97 Å². The van der Waals surface area contributed by atoms with Crippen molar-refractivity contribution in [3.8, 4) is 0 Å². The molecule has 11 heavy (non-hydrogen) atoms. The number of aliphatic carboxylic acids is 1. The molecule has 0 aliphatic rings. The molecule has 0 bridgehead atoms. The van der Waals surface area contributed by atoms with Crippen LogP contribution in [0.2, 0.25) is 0 Å². The quantitative estimate of drug-likeness (QED) is 0.623. The lowest BCUT2D eigenvalue weighted by Crippen LogP contribution is -2.03. The molecule has 1 heterocycles. The number of carboxylic acid groups (broad SMARTS) is 1. The molecule has 0 aromatic carbocycles. The van der Waals surface area contributed by atoms with Crippen LogP contribution in [0, 0.1) is 5.95 Å². The average Bonchev–Trinajstić information content (AvgIpc) is 1.85. The third-order valence-electron chi connectivity index (χ3n) is 1.02. The van der Waals surface area contributed by atoms with Crippen molar-refractivity contribution in [3.05, 3.63) is 24.0 Å². The first kappa shape index (κ1) is 7.59. The highest BCUT2D eigenvalue weighted by atomic mass is 19.1. The summed E-state index contributed by atoms with van der Waals surface area (Å²) < 4.78 is 12.3. The van der Waals surface area contributed by atoms with E-state index in [0.29, 0.717) is 0 Å². The van der Waals surface area contributed by atoms with E-state index in [2.05, 4.69) is 9.97 Å². The molecule has 58 valence electrons. The summed E-state index contributed by atoms with van der Waals surface area (Å²) in [5.74, 6) is -1.75. The maximum absolute atomic E-state index is 12.3. The zero-order valence-electron chi connectivity index (χ0n) is 5.49. The molecule has 4 nitrogen and oxygen atoms in total. The third kappa shape index (κ3) is 2.29. The Hall–Kier alpha value is -1.52. The monoisotopic (exact) mass is 156 g/mol. The Labute approximate surface area is 61.7 Å². The standard InChI is InChI=1S/C6H5FN2O2/c7-5-1-4(2-6(10)11)8-3-9-5/h1,3H,2H2,(H,10,11). The highest BCUT2D eigenvalue weighted by Crippen LogP contribution is 1.96. The summed E-state index contributed by atoms with van der Waals surface area (Å²) in [7, 11) is 0. The van der Waals surface area contributed by atoms with Gasteiger partial charge in [-0.15, -0.1) is 0 Å². The van der Waals surface area contributed by atoms with E-state index < -0.39 is 11.9 Å². The second-order valence-electron chi connectivity index (χ2n) is 1.90. The van der Waals surface area contributed by atoms with Crippen LogP contribution in [0.25, 0.3) is 0 Å². The number of hydrogen-bond donors (Lipinski definition) is 1. The first-order valence-electron chi connectivity index (χ1n) is 2.86. The molecular weight excluding hydrogens is 151 g/mol. The number of aromatic nitrogens is 2. The van der Waals surface area contributed by atoms with Crippen molar-refractivity contribution in [1.29, 1.82) is 0 Å². The van der Waals surface area contributed by atoms with Gasteiger partial charge in [0.05, 0.1) is 12.1 Å². The Kier molecular flexibility index (Phi) is 2.10. The fourth-order valence-corrected chi connectivity index (χ4v) is 0.622. The Bertz CT molecular complexity index is 277. The van der Waals surface area contributed by atoms with Crippen LogP contribution in [0.4, 0.5) is 4.39 Å². The van der Waals surface area contributed by atoms with E-state index in [0.717, 1.165) is 12.4 Å². The Morgan fingerprint density at radius 3 is 2.91 bits per heavy atom. The van der Waals surface area contributed by atoms with Gasteiger partial charge in [-0.05, 0) is 0 Å². The fourth-order valence-electron chi connectivity index (χ4n) is 0.622. The average molecular weight is 156 g/mol. The number of carbonyl (C=O) groups is 1. The predicted octanol–water partition coefficient (Wildman–Crippen LogP) is 0.243. The lowest BCUT2D eigenvalue weighted by Gasteiger charge is -1.93. The lowest BCUT2D eigenvalue weighted by molar-refractivity contribution is -0.136. The number of carboxylic acids is 1. The fraction of sp³-hybridized carbons (Fsp3) is 0.167. The molecule has 0 aliphatic heterocycles. The second-order valence-corrected chi connectivity index (χ2v) is 1.90. The molecule has 0 atom stereocenters. The van der Waals surface area contributed by atoms with Crippen molar-refractivity contribution in [3.63, 3.8) is 0 Å². The summed E-state index contributed by atoms with van der Waals surface area (Å²) in [5.41, 5.74) is 0.171. The smallest absolute Gasteiger partial charge is 0.309 e.